The van der Waals surface area contributed by atoms with Crippen molar-refractivity contribution in [2.75, 3.05) is 11.5 Å². The Hall–Kier alpha value is -2.60. The molecule has 1 aliphatic heterocycles. The van der Waals surface area contributed by atoms with Crippen LogP contribution >= 0.6 is 11.8 Å². The van der Waals surface area contributed by atoms with Crippen LogP contribution in [0.25, 0.3) is 0 Å². The Labute approximate surface area is 195 Å². The van der Waals surface area contributed by atoms with Gasteiger partial charge in [0.1, 0.15) is 6.04 Å². The molecule has 1 heterocycles. The zero-order valence-electron chi connectivity index (χ0n) is 19.4. The number of carbonyl (C=O) groups excluding carboxylic acids is 2. The third-order valence-electron chi connectivity index (χ3n) is 5.37. The van der Waals surface area contributed by atoms with Gasteiger partial charge in [-0.3, -0.25) is 14.5 Å². The SMILES string of the molecule is CC(C)=CCCC(C)=CCCC(C)=CCSC[C@@H](C(=O)O)N1C(=O)c2ccccc2C1=O. The van der Waals surface area contributed by atoms with Gasteiger partial charge in [0.05, 0.1) is 11.1 Å². The Bertz CT molecular complexity index is 906. The normalized spacial score (nSPS) is 15.1. The van der Waals surface area contributed by atoms with Gasteiger partial charge in [-0.15, -0.1) is 0 Å². The molecular weight excluding hydrogens is 422 g/mol. The predicted molar refractivity (Wildman–Crippen MR) is 131 cm³/mol. The first kappa shape index (κ1) is 25.7. The second-order valence-corrected chi connectivity index (χ2v) is 9.45. The molecule has 0 aliphatic carbocycles. The highest BCUT2D eigenvalue weighted by Gasteiger charge is 2.42. The van der Waals surface area contributed by atoms with Crippen LogP contribution in [-0.4, -0.2) is 45.3 Å². The molecule has 172 valence electrons. The monoisotopic (exact) mass is 455 g/mol. The molecule has 5 nitrogen and oxygen atoms in total. The fourth-order valence-corrected chi connectivity index (χ4v) is 4.52. The number of thioether (sulfide) groups is 1. The molecule has 2 rings (SSSR count). The van der Waals surface area contributed by atoms with Crippen molar-refractivity contribution < 1.29 is 19.5 Å². The number of imide groups is 1. The van der Waals surface area contributed by atoms with E-state index in [0.717, 1.165) is 30.6 Å². The van der Waals surface area contributed by atoms with Crippen LogP contribution in [0.4, 0.5) is 0 Å². The Morgan fingerprint density at radius 3 is 2.00 bits per heavy atom. The largest absolute Gasteiger partial charge is 0.480 e. The second-order valence-electron chi connectivity index (χ2n) is 8.38. The molecular formula is C26H33NO4S. The Kier molecular flexibility index (Phi) is 9.97. The lowest BCUT2D eigenvalue weighted by Gasteiger charge is -2.22. The molecule has 0 radical (unpaired) electrons. The maximum absolute atomic E-state index is 12.6. The third-order valence-corrected chi connectivity index (χ3v) is 6.32. The van der Waals surface area contributed by atoms with Gasteiger partial charge in [0.15, 0.2) is 0 Å². The number of fused-ring (bicyclic) bond motifs is 1. The summed E-state index contributed by atoms with van der Waals surface area (Å²) < 4.78 is 0. The third kappa shape index (κ3) is 7.23. The fourth-order valence-electron chi connectivity index (χ4n) is 3.47. The minimum atomic E-state index is -1.17. The van der Waals surface area contributed by atoms with Crippen molar-refractivity contribution >= 4 is 29.5 Å². The van der Waals surface area contributed by atoms with E-state index in [9.17, 15) is 19.5 Å². The number of hydrogen-bond acceptors (Lipinski definition) is 4. The van der Waals surface area contributed by atoms with E-state index in [1.165, 1.54) is 28.5 Å². The van der Waals surface area contributed by atoms with E-state index in [0.29, 0.717) is 5.75 Å². The smallest absolute Gasteiger partial charge is 0.327 e. The number of benzene rings is 1. The molecule has 1 aromatic carbocycles. The van der Waals surface area contributed by atoms with E-state index in [2.05, 4.69) is 45.9 Å². The molecule has 0 spiro atoms. The van der Waals surface area contributed by atoms with Crippen LogP contribution in [0, 0.1) is 0 Å². The predicted octanol–water partition coefficient (Wildman–Crippen LogP) is 5.89. The molecule has 1 N–H and O–H groups in total. The first-order valence-electron chi connectivity index (χ1n) is 10.9. The molecule has 1 aliphatic rings. The van der Waals surface area contributed by atoms with E-state index in [-0.39, 0.29) is 16.9 Å². The highest BCUT2D eigenvalue weighted by molar-refractivity contribution is 7.99. The lowest BCUT2D eigenvalue weighted by Crippen LogP contribution is -2.46. The standard InChI is InChI=1S/C26H33NO4S/c1-18(2)9-7-10-19(3)11-8-12-20(4)15-16-32-17-23(26(30)31)27-24(28)21-13-5-6-14-22(21)25(27)29/h5-6,9,11,13-15,23H,7-8,10,12,16-17H2,1-4H3,(H,30,31)/t23-/m0/s1. The molecule has 32 heavy (non-hydrogen) atoms. The number of hydrogen-bond donors (Lipinski definition) is 1. The fraction of sp³-hybridized carbons (Fsp3) is 0.423. The van der Waals surface area contributed by atoms with Gasteiger partial charge in [-0.2, -0.15) is 11.8 Å². The van der Waals surface area contributed by atoms with Crippen LogP contribution in [0.2, 0.25) is 0 Å². The van der Waals surface area contributed by atoms with Crippen LogP contribution < -0.4 is 0 Å². The number of carboxylic acids is 1. The Balaban J connectivity index is 1.83. The van der Waals surface area contributed by atoms with E-state index in [4.69, 9.17) is 0 Å². The number of amides is 2. The Morgan fingerprint density at radius 1 is 0.938 bits per heavy atom. The average Bonchev–Trinajstić information content (AvgIpc) is 2.98. The summed E-state index contributed by atoms with van der Waals surface area (Å²) in [5.74, 6) is -1.42. The van der Waals surface area contributed by atoms with Crippen molar-refractivity contribution in [2.45, 2.75) is 59.4 Å². The van der Waals surface area contributed by atoms with Crippen LogP contribution in [0.5, 0.6) is 0 Å². The van der Waals surface area contributed by atoms with Crippen LogP contribution in [0.3, 0.4) is 0 Å². The molecule has 0 bridgehead atoms. The highest BCUT2D eigenvalue weighted by Crippen LogP contribution is 2.26. The molecule has 0 saturated carbocycles. The van der Waals surface area contributed by atoms with E-state index >= 15 is 0 Å². The summed E-state index contributed by atoms with van der Waals surface area (Å²) in [4.78, 5) is 37.8. The van der Waals surface area contributed by atoms with Gasteiger partial charge in [0.25, 0.3) is 11.8 Å². The van der Waals surface area contributed by atoms with Crippen LogP contribution in [-0.2, 0) is 4.79 Å². The number of rotatable bonds is 12. The molecule has 0 fully saturated rings. The number of aliphatic carboxylic acids is 1. The van der Waals surface area contributed by atoms with Gasteiger partial charge in [-0.25, -0.2) is 4.79 Å². The van der Waals surface area contributed by atoms with Gasteiger partial charge in [0.2, 0.25) is 0 Å². The lowest BCUT2D eigenvalue weighted by atomic mass is 10.1. The molecule has 0 aromatic heterocycles. The van der Waals surface area contributed by atoms with Crippen molar-refractivity contribution in [1.29, 1.82) is 0 Å². The quantitative estimate of drug-likeness (QED) is 0.242. The van der Waals surface area contributed by atoms with Crippen molar-refractivity contribution in [1.82, 2.24) is 4.90 Å². The maximum atomic E-state index is 12.6. The van der Waals surface area contributed by atoms with E-state index in [1.807, 2.05) is 0 Å². The summed E-state index contributed by atoms with van der Waals surface area (Å²) in [6.07, 6.45) is 10.7. The second kappa shape index (κ2) is 12.4. The van der Waals surface area contributed by atoms with Gasteiger partial charge in [-0.1, -0.05) is 47.1 Å². The lowest BCUT2D eigenvalue weighted by molar-refractivity contribution is -0.140. The zero-order chi connectivity index (χ0) is 23.7. The van der Waals surface area contributed by atoms with Gasteiger partial charge in [0, 0.05) is 11.5 Å². The molecule has 0 unspecified atom stereocenters. The first-order chi connectivity index (χ1) is 15.2. The van der Waals surface area contributed by atoms with Crippen molar-refractivity contribution in [3.8, 4) is 0 Å². The van der Waals surface area contributed by atoms with Crippen molar-refractivity contribution in [3.05, 3.63) is 70.3 Å². The summed E-state index contributed by atoms with van der Waals surface area (Å²) in [5, 5.41) is 9.63. The van der Waals surface area contributed by atoms with Gasteiger partial charge < -0.3 is 5.11 Å². The molecule has 0 saturated heterocycles. The van der Waals surface area contributed by atoms with E-state index in [1.54, 1.807) is 24.3 Å². The summed E-state index contributed by atoms with van der Waals surface area (Å²) >= 11 is 1.42. The van der Waals surface area contributed by atoms with Crippen LogP contribution in [0.1, 0.15) is 74.1 Å². The summed E-state index contributed by atoms with van der Waals surface area (Å²) in [6, 6.07) is 5.29. The van der Waals surface area contributed by atoms with Crippen LogP contribution in [0.15, 0.2) is 59.2 Å². The summed E-state index contributed by atoms with van der Waals surface area (Å²) in [7, 11) is 0. The first-order valence-corrected chi connectivity index (χ1v) is 12.1. The minimum Gasteiger partial charge on any atom is -0.480 e. The molecule has 2 amide bonds. The van der Waals surface area contributed by atoms with Crippen molar-refractivity contribution in [2.24, 2.45) is 0 Å². The zero-order valence-corrected chi connectivity index (χ0v) is 20.2. The summed E-state index contributed by atoms with van der Waals surface area (Å²) in [6.45, 7) is 8.47. The summed E-state index contributed by atoms with van der Waals surface area (Å²) in [5.41, 5.74) is 4.54. The van der Waals surface area contributed by atoms with E-state index < -0.39 is 23.8 Å². The molecule has 1 aromatic rings. The number of nitrogens with zero attached hydrogens (tertiary/aromatic N) is 1. The number of allylic oxidation sites excluding steroid dienone is 5. The topological polar surface area (TPSA) is 74.7 Å². The Morgan fingerprint density at radius 2 is 1.47 bits per heavy atom. The van der Waals surface area contributed by atoms with Gasteiger partial charge in [-0.05, 0) is 65.5 Å². The molecule has 1 atom stereocenters. The maximum Gasteiger partial charge on any atom is 0.327 e. The minimum absolute atomic E-state index is 0.161. The highest BCUT2D eigenvalue weighted by atomic mass is 32.2. The number of carboxylic acid groups (broad SMARTS) is 1. The molecule has 6 heteroatoms. The average molecular weight is 456 g/mol. The van der Waals surface area contributed by atoms with Crippen molar-refractivity contribution in [3.63, 3.8) is 0 Å². The number of carbonyl (C=O) groups is 3. The van der Waals surface area contributed by atoms with Gasteiger partial charge >= 0.3 is 5.97 Å².